The second kappa shape index (κ2) is 11.8. The summed E-state index contributed by atoms with van der Waals surface area (Å²) in [5, 5.41) is 0.857. The number of carbonyl (C=O) groups is 3. The highest BCUT2D eigenvalue weighted by molar-refractivity contribution is 7.22. The van der Waals surface area contributed by atoms with E-state index in [2.05, 4.69) is 33.7 Å². The third-order valence-corrected chi connectivity index (χ3v) is 6.55. The van der Waals surface area contributed by atoms with Gasteiger partial charge in [-0.2, -0.15) is 0 Å². The van der Waals surface area contributed by atoms with E-state index in [1.165, 1.54) is 0 Å². The van der Waals surface area contributed by atoms with E-state index >= 15 is 0 Å². The van der Waals surface area contributed by atoms with Crippen LogP contribution in [0.3, 0.4) is 0 Å². The van der Waals surface area contributed by atoms with Crippen LogP contribution in [0.25, 0.3) is 0 Å². The van der Waals surface area contributed by atoms with Gasteiger partial charge in [-0.05, 0) is 63.3 Å². The van der Waals surface area contributed by atoms with Crippen molar-refractivity contribution in [3.05, 3.63) is 41.2 Å². The molecule has 3 atom stereocenters. The number of rotatable bonds is 9. The van der Waals surface area contributed by atoms with Crippen LogP contribution in [0.1, 0.15) is 63.4 Å². The summed E-state index contributed by atoms with van der Waals surface area (Å²) in [6, 6.07) is 6.02. The number of Topliss-reactive ketones (excluding diaryl/α,β-unsaturated/α-hetero) is 1. The number of ketones is 1. The molecule has 6 nitrogen and oxygen atoms in total. The van der Waals surface area contributed by atoms with Crippen LogP contribution in [-0.4, -0.2) is 54.8 Å². The number of carbonyl (C=O) groups excluding carboxylic acids is 3. The van der Waals surface area contributed by atoms with E-state index in [4.69, 9.17) is 4.74 Å². The number of aldehydes is 1. The molecule has 0 N–H and O–H groups in total. The minimum absolute atomic E-state index is 0.0435. The molecule has 1 aromatic carbocycles. The van der Waals surface area contributed by atoms with Crippen LogP contribution in [0, 0.1) is 11.8 Å². The van der Waals surface area contributed by atoms with Gasteiger partial charge in [0.05, 0.1) is 0 Å². The van der Waals surface area contributed by atoms with Gasteiger partial charge in [0.1, 0.15) is 11.9 Å². The van der Waals surface area contributed by atoms with Crippen LogP contribution >= 0.6 is 9.24 Å². The third-order valence-electron chi connectivity index (χ3n) is 6.12. The number of amides is 1. The van der Waals surface area contributed by atoms with E-state index < -0.39 is 5.60 Å². The van der Waals surface area contributed by atoms with Gasteiger partial charge >= 0.3 is 6.09 Å². The molecule has 0 radical (unpaired) electrons. The molecule has 2 rings (SSSR count). The summed E-state index contributed by atoms with van der Waals surface area (Å²) >= 11 is 0. The van der Waals surface area contributed by atoms with Crippen molar-refractivity contribution in [2.24, 2.45) is 11.8 Å². The van der Waals surface area contributed by atoms with Gasteiger partial charge in [-0.25, -0.2) is 4.79 Å². The number of anilines is 1. The molecule has 182 valence electrons. The first-order valence-electron chi connectivity index (χ1n) is 11.8. The highest BCUT2D eigenvalue weighted by Gasteiger charge is 2.28. The van der Waals surface area contributed by atoms with E-state index in [1.807, 2.05) is 39.8 Å². The number of nitrogens with zero attached hydrogens (tertiary/aromatic N) is 2. The normalized spacial score (nSPS) is 16.2. The van der Waals surface area contributed by atoms with Crippen molar-refractivity contribution in [3.8, 4) is 0 Å². The highest BCUT2D eigenvalue weighted by Crippen LogP contribution is 2.32. The summed E-state index contributed by atoms with van der Waals surface area (Å²) in [6.45, 7) is 16.2. The van der Waals surface area contributed by atoms with Crippen LogP contribution < -0.4 is 4.90 Å². The Hall–Kier alpha value is -2.20. The molecule has 1 aliphatic heterocycles. The Morgan fingerprint density at radius 2 is 1.85 bits per heavy atom. The van der Waals surface area contributed by atoms with Crippen LogP contribution in [0.5, 0.6) is 0 Å². The number of allylic oxidation sites excluding steroid dienone is 1. The lowest BCUT2D eigenvalue weighted by molar-refractivity contribution is -0.108. The van der Waals surface area contributed by atoms with Gasteiger partial charge in [-0.15, -0.1) is 9.24 Å². The summed E-state index contributed by atoms with van der Waals surface area (Å²) < 4.78 is 5.48. The summed E-state index contributed by atoms with van der Waals surface area (Å²) in [6.07, 6.45) is 2.42. The zero-order chi connectivity index (χ0) is 24.8. The van der Waals surface area contributed by atoms with Crippen molar-refractivity contribution in [3.63, 3.8) is 0 Å². The van der Waals surface area contributed by atoms with Crippen molar-refractivity contribution in [2.75, 3.05) is 31.1 Å². The molecule has 0 aliphatic carbocycles. The molecule has 1 fully saturated rings. The van der Waals surface area contributed by atoms with Crippen molar-refractivity contribution >= 4 is 33.1 Å². The standard InChI is InChI=1S/C26H39N2O4P/c1-7-20-17-21(27-12-14-28(15-13-27)25(31)32-26(4,5)6)10-11-23(20)24(30)18(2)22(19(3)33)9-8-16-29/h10-11,16-18,22H,3,7-9,12-15,33H2,1-2,4-6H3. The Kier molecular flexibility index (Phi) is 9.66. The lowest BCUT2D eigenvalue weighted by Crippen LogP contribution is -2.50. The topological polar surface area (TPSA) is 66.9 Å². The Balaban J connectivity index is 2.12. The quantitative estimate of drug-likeness (QED) is 0.283. The maximum atomic E-state index is 13.3. The minimum atomic E-state index is -0.501. The number of benzene rings is 1. The molecule has 0 spiro atoms. The SMILES string of the molecule is C=C(P)C(CCC=O)C(C)C(=O)c1ccc(N2CCN(C(=O)OC(C)(C)C)CC2)cc1CC. The third kappa shape index (κ3) is 7.40. The summed E-state index contributed by atoms with van der Waals surface area (Å²) in [7, 11) is 2.60. The number of aryl methyl sites for hydroxylation is 1. The average Bonchev–Trinajstić information content (AvgIpc) is 2.77. The fourth-order valence-electron chi connectivity index (χ4n) is 4.22. The molecule has 1 saturated heterocycles. The van der Waals surface area contributed by atoms with E-state index in [0.29, 0.717) is 39.0 Å². The number of ether oxygens (including phenoxy) is 1. The summed E-state index contributed by atoms with van der Waals surface area (Å²) in [5.41, 5.74) is 2.32. The first-order chi connectivity index (χ1) is 15.5. The lowest BCUT2D eigenvalue weighted by atomic mass is 9.82. The molecule has 0 aromatic heterocycles. The molecular weight excluding hydrogens is 435 g/mol. The van der Waals surface area contributed by atoms with Gasteiger partial charge in [-0.1, -0.05) is 25.7 Å². The number of piperazine rings is 1. The first kappa shape index (κ1) is 27.0. The van der Waals surface area contributed by atoms with E-state index in [-0.39, 0.29) is 23.7 Å². The minimum Gasteiger partial charge on any atom is -0.444 e. The van der Waals surface area contributed by atoms with Gasteiger partial charge in [0, 0.05) is 49.8 Å². The maximum Gasteiger partial charge on any atom is 0.410 e. The van der Waals surface area contributed by atoms with Gasteiger partial charge < -0.3 is 19.3 Å². The molecule has 1 heterocycles. The van der Waals surface area contributed by atoms with E-state index in [9.17, 15) is 14.4 Å². The molecular formula is C26H39N2O4P. The summed E-state index contributed by atoms with van der Waals surface area (Å²) in [5.74, 6) is -0.200. The Morgan fingerprint density at radius 3 is 2.36 bits per heavy atom. The molecule has 0 bridgehead atoms. The van der Waals surface area contributed by atoms with Gasteiger partial charge in [0.2, 0.25) is 0 Å². The molecule has 1 amide bonds. The Labute approximate surface area is 200 Å². The number of hydrogen-bond donors (Lipinski definition) is 0. The zero-order valence-corrected chi connectivity index (χ0v) is 21.9. The fraction of sp³-hybridized carbons (Fsp3) is 0.577. The maximum absolute atomic E-state index is 13.3. The highest BCUT2D eigenvalue weighted by atomic mass is 31.0. The van der Waals surface area contributed by atoms with Crippen LogP contribution in [0.4, 0.5) is 10.5 Å². The predicted molar refractivity (Wildman–Crippen MR) is 137 cm³/mol. The van der Waals surface area contributed by atoms with Crippen molar-refractivity contribution < 1.29 is 19.1 Å². The average molecular weight is 475 g/mol. The van der Waals surface area contributed by atoms with E-state index in [1.54, 1.807) is 4.90 Å². The zero-order valence-electron chi connectivity index (χ0n) is 20.7. The van der Waals surface area contributed by atoms with Gasteiger partial charge in [0.15, 0.2) is 5.78 Å². The lowest BCUT2D eigenvalue weighted by Gasteiger charge is -2.37. The second-order valence-corrected chi connectivity index (χ2v) is 10.5. The predicted octanol–water partition coefficient (Wildman–Crippen LogP) is 5.11. The fourth-order valence-corrected chi connectivity index (χ4v) is 4.67. The van der Waals surface area contributed by atoms with Crippen LogP contribution in [0.15, 0.2) is 30.1 Å². The van der Waals surface area contributed by atoms with Gasteiger partial charge in [0.25, 0.3) is 0 Å². The molecule has 7 heteroatoms. The molecule has 33 heavy (non-hydrogen) atoms. The monoisotopic (exact) mass is 474 g/mol. The smallest absolute Gasteiger partial charge is 0.410 e. The van der Waals surface area contributed by atoms with E-state index in [0.717, 1.165) is 34.8 Å². The van der Waals surface area contributed by atoms with Crippen LogP contribution in [0.2, 0.25) is 0 Å². The second-order valence-electron chi connectivity index (χ2n) is 9.73. The molecule has 3 unspecified atom stereocenters. The molecule has 1 aromatic rings. The molecule has 0 saturated carbocycles. The Bertz CT molecular complexity index is 870. The molecule has 1 aliphatic rings. The summed E-state index contributed by atoms with van der Waals surface area (Å²) in [4.78, 5) is 40.5. The van der Waals surface area contributed by atoms with Crippen molar-refractivity contribution in [2.45, 2.75) is 59.5 Å². The van der Waals surface area contributed by atoms with Gasteiger partial charge in [-0.3, -0.25) is 4.79 Å². The first-order valence-corrected chi connectivity index (χ1v) is 12.3. The Morgan fingerprint density at radius 1 is 1.21 bits per heavy atom. The van der Waals surface area contributed by atoms with Crippen LogP contribution in [-0.2, 0) is 16.0 Å². The van der Waals surface area contributed by atoms with Crippen molar-refractivity contribution in [1.29, 1.82) is 0 Å². The number of hydrogen-bond acceptors (Lipinski definition) is 5. The van der Waals surface area contributed by atoms with Crippen molar-refractivity contribution in [1.82, 2.24) is 4.90 Å². The largest absolute Gasteiger partial charge is 0.444 e.